The number of aromatic nitrogens is 2. The van der Waals surface area contributed by atoms with E-state index in [0.29, 0.717) is 27.4 Å². The van der Waals surface area contributed by atoms with E-state index >= 15 is 0 Å². The van der Waals surface area contributed by atoms with E-state index < -0.39 is 17.5 Å². The predicted octanol–water partition coefficient (Wildman–Crippen LogP) is 5.47. The Morgan fingerprint density at radius 3 is 2.71 bits per heavy atom. The predicted molar refractivity (Wildman–Crippen MR) is 106 cm³/mol. The molecule has 0 saturated carbocycles. The lowest BCUT2D eigenvalue weighted by molar-refractivity contribution is 0.0981. The second-order valence-electron chi connectivity index (χ2n) is 5.95. The second kappa shape index (κ2) is 7.61. The van der Waals surface area contributed by atoms with Crippen LogP contribution in [0.1, 0.15) is 16.1 Å². The van der Waals surface area contributed by atoms with Gasteiger partial charge in [-0.15, -0.1) is 0 Å². The van der Waals surface area contributed by atoms with E-state index in [9.17, 15) is 13.6 Å². The van der Waals surface area contributed by atoms with Crippen molar-refractivity contribution < 1.29 is 13.6 Å². The number of thiazole rings is 1. The molecule has 0 aliphatic rings. The van der Waals surface area contributed by atoms with Gasteiger partial charge in [-0.3, -0.25) is 14.7 Å². The van der Waals surface area contributed by atoms with E-state index in [0.717, 1.165) is 16.8 Å². The van der Waals surface area contributed by atoms with Crippen LogP contribution in [-0.2, 0) is 6.54 Å². The van der Waals surface area contributed by atoms with Crippen molar-refractivity contribution in [3.05, 3.63) is 88.7 Å². The number of carbonyl (C=O) groups excluding carboxylic acids is 1. The lowest BCUT2D eigenvalue weighted by Gasteiger charge is -2.20. The highest BCUT2D eigenvalue weighted by atomic mass is 35.5. The molecule has 0 aliphatic carbocycles. The summed E-state index contributed by atoms with van der Waals surface area (Å²) in [6.45, 7) is 0.0873. The smallest absolute Gasteiger partial charge is 0.263 e. The molecule has 4 aromatic rings. The molecule has 8 heteroatoms. The summed E-state index contributed by atoms with van der Waals surface area (Å²) in [4.78, 5) is 23.2. The summed E-state index contributed by atoms with van der Waals surface area (Å²) in [5.74, 6) is -2.31. The van der Waals surface area contributed by atoms with Gasteiger partial charge in [0.15, 0.2) is 5.13 Å². The third-order valence-corrected chi connectivity index (χ3v) is 5.30. The Labute approximate surface area is 168 Å². The van der Waals surface area contributed by atoms with Gasteiger partial charge in [0.25, 0.3) is 5.91 Å². The van der Waals surface area contributed by atoms with E-state index in [4.69, 9.17) is 11.6 Å². The van der Waals surface area contributed by atoms with E-state index in [2.05, 4.69) is 9.97 Å². The number of fused-ring (bicyclic) bond motifs is 1. The van der Waals surface area contributed by atoms with E-state index in [1.165, 1.54) is 16.2 Å². The normalized spacial score (nSPS) is 11.0. The number of hydrogen-bond donors (Lipinski definition) is 0. The third kappa shape index (κ3) is 3.72. The minimum absolute atomic E-state index is 0.0873. The molecule has 0 aliphatic heterocycles. The number of pyridine rings is 1. The molecule has 2 heterocycles. The fourth-order valence-electron chi connectivity index (χ4n) is 2.69. The molecule has 0 spiro atoms. The van der Waals surface area contributed by atoms with Gasteiger partial charge in [0, 0.05) is 17.3 Å². The van der Waals surface area contributed by atoms with Gasteiger partial charge in [-0.1, -0.05) is 29.0 Å². The zero-order chi connectivity index (χ0) is 19.7. The fraction of sp³-hybridized carbons (Fsp3) is 0.0500. The van der Waals surface area contributed by atoms with Crippen molar-refractivity contribution in [1.82, 2.24) is 9.97 Å². The Morgan fingerprint density at radius 2 is 1.96 bits per heavy atom. The van der Waals surface area contributed by atoms with Gasteiger partial charge in [-0.05, 0) is 42.5 Å². The Morgan fingerprint density at radius 1 is 1.11 bits per heavy atom. The van der Waals surface area contributed by atoms with Crippen molar-refractivity contribution in [1.29, 1.82) is 0 Å². The Bertz CT molecular complexity index is 1170. The maximum Gasteiger partial charge on any atom is 0.263 e. The number of amides is 1. The summed E-state index contributed by atoms with van der Waals surface area (Å²) in [7, 11) is 0. The maximum absolute atomic E-state index is 14.2. The molecule has 28 heavy (non-hydrogen) atoms. The quantitative estimate of drug-likeness (QED) is 0.444. The number of hydrogen-bond acceptors (Lipinski definition) is 4. The van der Waals surface area contributed by atoms with E-state index in [-0.39, 0.29) is 12.1 Å². The van der Waals surface area contributed by atoms with Gasteiger partial charge in [-0.2, -0.15) is 0 Å². The van der Waals surface area contributed by atoms with E-state index in [1.54, 1.807) is 42.6 Å². The number of carbonyl (C=O) groups is 1. The molecular weight excluding hydrogens is 404 g/mol. The van der Waals surface area contributed by atoms with Crippen LogP contribution in [0.25, 0.3) is 10.2 Å². The van der Waals surface area contributed by atoms with Crippen molar-refractivity contribution in [2.75, 3.05) is 4.90 Å². The van der Waals surface area contributed by atoms with Crippen LogP contribution in [0.3, 0.4) is 0 Å². The number of rotatable bonds is 4. The third-order valence-electron chi connectivity index (χ3n) is 4.02. The topological polar surface area (TPSA) is 46.1 Å². The monoisotopic (exact) mass is 415 g/mol. The molecule has 0 fully saturated rings. The summed E-state index contributed by atoms with van der Waals surface area (Å²) in [6, 6.07) is 13.4. The second-order valence-corrected chi connectivity index (χ2v) is 7.39. The van der Waals surface area contributed by atoms with Gasteiger partial charge in [0.05, 0.1) is 28.0 Å². The molecular formula is C20H12ClF2N3OS. The molecule has 140 valence electrons. The molecule has 2 aromatic carbocycles. The zero-order valence-corrected chi connectivity index (χ0v) is 15.8. The van der Waals surface area contributed by atoms with Crippen molar-refractivity contribution in [2.45, 2.75) is 6.54 Å². The minimum Gasteiger partial charge on any atom is -0.278 e. The first-order valence-corrected chi connectivity index (χ1v) is 9.43. The standard InChI is InChI=1S/C20H12ClF2N3OS/c21-12-4-7-17-18(9-12)28-20(25-17)26(11-14-3-1-2-8-24-14)19(27)15-6-5-13(22)10-16(15)23/h1-10H,11H2. The van der Waals surface area contributed by atoms with E-state index in [1.807, 2.05) is 0 Å². The molecule has 0 N–H and O–H groups in total. The van der Waals surface area contributed by atoms with Crippen LogP contribution >= 0.6 is 22.9 Å². The lowest BCUT2D eigenvalue weighted by atomic mass is 10.1. The average molecular weight is 416 g/mol. The summed E-state index contributed by atoms with van der Waals surface area (Å²) in [5.41, 5.74) is 1.04. The molecule has 0 unspecified atom stereocenters. The van der Waals surface area contributed by atoms with Crippen molar-refractivity contribution >= 4 is 44.2 Å². The summed E-state index contributed by atoms with van der Waals surface area (Å²) in [5, 5.41) is 0.923. The SMILES string of the molecule is O=C(c1ccc(F)cc1F)N(Cc1ccccn1)c1nc2ccc(Cl)cc2s1. The highest BCUT2D eigenvalue weighted by molar-refractivity contribution is 7.22. The van der Waals surface area contributed by atoms with Gasteiger partial charge in [0.2, 0.25) is 0 Å². The first-order chi connectivity index (χ1) is 13.5. The fourth-order valence-corrected chi connectivity index (χ4v) is 3.93. The molecule has 0 radical (unpaired) electrons. The van der Waals surface area contributed by atoms with Gasteiger partial charge >= 0.3 is 0 Å². The van der Waals surface area contributed by atoms with Crippen LogP contribution in [0.5, 0.6) is 0 Å². The number of nitrogens with zero attached hydrogens (tertiary/aromatic N) is 3. The molecule has 0 bridgehead atoms. The van der Waals surface area contributed by atoms with Crippen molar-refractivity contribution in [2.24, 2.45) is 0 Å². The van der Waals surface area contributed by atoms with Crippen LogP contribution < -0.4 is 4.90 Å². The van der Waals surface area contributed by atoms with Crippen molar-refractivity contribution in [3.63, 3.8) is 0 Å². The molecule has 0 atom stereocenters. The van der Waals surface area contributed by atoms with Gasteiger partial charge in [0.1, 0.15) is 11.6 Å². The Kier molecular flexibility index (Phi) is 5.02. The highest BCUT2D eigenvalue weighted by Crippen LogP contribution is 2.32. The molecule has 2 aromatic heterocycles. The van der Waals surface area contributed by atoms with Crippen LogP contribution in [0.15, 0.2) is 60.8 Å². The maximum atomic E-state index is 14.2. The lowest BCUT2D eigenvalue weighted by Crippen LogP contribution is -2.31. The largest absolute Gasteiger partial charge is 0.278 e. The highest BCUT2D eigenvalue weighted by Gasteiger charge is 2.25. The minimum atomic E-state index is -0.930. The van der Waals surface area contributed by atoms with Crippen molar-refractivity contribution in [3.8, 4) is 0 Å². The number of anilines is 1. The summed E-state index contributed by atoms with van der Waals surface area (Å²) < 4.78 is 28.3. The van der Waals surface area contributed by atoms with Gasteiger partial charge in [-0.25, -0.2) is 13.8 Å². The Balaban J connectivity index is 1.79. The van der Waals surface area contributed by atoms with Crippen LogP contribution in [0.4, 0.5) is 13.9 Å². The zero-order valence-electron chi connectivity index (χ0n) is 14.3. The van der Waals surface area contributed by atoms with Gasteiger partial charge < -0.3 is 0 Å². The first-order valence-electron chi connectivity index (χ1n) is 8.24. The van der Waals surface area contributed by atoms with Crippen LogP contribution in [0, 0.1) is 11.6 Å². The first kappa shape index (κ1) is 18.5. The average Bonchev–Trinajstić information content (AvgIpc) is 3.09. The molecule has 4 rings (SSSR count). The Hall–Kier alpha value is -2.90. The summed E-state index contributed by atoms with van der Waals surface area (Å²) >= 11 is 7.29. The molecule has 0 saturated heterocycles. The number of benzene rings is 2. The summed E-state index contributed by atoms with van der Waals surface area (Å²) in [6.07, 6.45) is 1.61. The number of halogens is 3. The molecule has 4 nitrogen and oxygen atoms in total. The van der Waals surface area contributed by atoms with Crippen LogP contribution in [0.2, 0.25) is 5.02 Å². The molecule has 1 amide bonds. The van der Waals surface area contributed by atoms with Crippen LogP contribution in [-0.4, -0.2) is 15.9 Å².